The summed E-state index contributed by atoms with van der Waals surface area (Å²) < 4.78 is 5.82. The van der Waals surface area contributed by atoms with Gasteiger partial charge in [0.15, 0.2) is 17.2 Å². The highest BCUT2D eigenvalue weighted by Gasteiger charge is 2.70. The number of ketones is 2. The largest absolute Gasteiger partial charge is 0.451 e. The number of esters is 1. The zero-order valence-electron chi connectivity index (χ0n) is 17.6. The fraction of sp³-hybridized carbons (Fsp3) is 0.708. The molecule has 5 aliphatic carbocycles. The van der Waals surface area contributed by atoms with E-state index in [1.807, 2.05) is 6.08 Å². The summed E-state index contributed by atoms with van der Waals surface area (Å²) in [6, 6.07) is 0. The number of hydrogen-bond acceptors (Lipinski definition) is 4. The smallest absolute Gasteiger partial charge is 0.303 e. The van der Waals surface area contributed by atoms with Crippen LogP contribution in [0.4, 0.5) is 0 Å². The number of Topliss-reactive ketones (excluding diaryl/α,β-unsaturated/α-hetero) is 1. The van der Waals surface area contributed by atoms with Crippen LogP contribution < -0.4 is 0 Å². The Morgan fingerprint density at radius 2 is 1.79 bits per heavy atom. The molecule has 0 N–H and O–H groups in total. The zero-order valence-corrected chi connectivity index (χ0v) is 18.3. The van der Waals surface area contributed by atoms with Crippen molar-refractivity contribution in [2.75, 3.05) is 0 Å². The molecule has 0 amide bonds. The average molecular weight is 417 g/mol. The van der Waals surface area contributed by atoms with Crippen molar-refractivity contribution in [1.29, 1.82) is 0 Å². The van der Waals surface area contributed by atoms with Crippen LogP contribution in [0.15, 0.2) is 22.8 Å². The molecule has 156 valence electrons. The first-order chi connectivity index (χ1) is 13.6. The lowest BCUT2D eigenvalue weighted by Gasteiger charge is -2.57. The maximum absolute atomic E-state index is 12.8. The predicted octanol–water partition coefficient (Wildman–Crippen LogP) is 4.61. The summed E-state index contributed by atoms with van der Waals surface area (Å²) >= 11 is 6.79. The summed E-state index contributed by atoms with van der Waals surface area (Å²) in [5.41, 5.74) is -0.455. The summed E-state index contributed by atoms with van der Waals surface area (Å²) in [5, 5.41) is 0.713. The molecule has 0 bridgehead atoms. The highest BCUT2D eigenvalue weighted by molar-refractivity contribution is 6.32. The molecule has 5 aliphatic rings. The third-order valence-corrected chi connectivity index (χ3v) is 9.83. The van der Waals surface area contributed by atoms with Crippen molar-refractivity contribution < 1.29 is 19.1 Å². The van der Waals surface area contributed by atoms with Gasteiger partial charge in [-0.3, -0.25) is 14.4 Å². The van der Waals surface area contributed by atoms with Crippen LogP contribution in [0, 0.1) is 40.4 Å². The van der Waals surface area contributed by atoms with E-state index in [0.29, 0.717) is 23.3 Å². The number of fused-ring (bicyclic) bond motifs is 7. The number of hydrogen-bond donors (Lipinski definition) is 0. The highest BCUT2D eigenvalue weighted by Crippen LogP contribution is 2.72. The second-order valence-electron chi connectivity index (χ2n) is 10.5. The van der Waals surface area contributed by atoms with Gasteiger partial charge in [-0.15, -0.1) is 0 Å². The fourth-order valence-corrected chi connectivity index (χ4v) is 8.43. The van der Waals surface area contributed by atoms with E-state index in [2.05, 4.69) is 19.9 Å². The molecule has 5 heteroatoms. The van der Waals surface area contributed by atoms with Gasteiger partial charge >= 0.3 is 5.97 Å². The standard InChI is InChI=1S/C24H29ClO4/c1-12(26)24(29-13(2)27)8-6-16-14-10-20(25)19-11-21(28)15-9-18(15)23(19,4)17(14)5-7-22(16,24)3/h10-11,14-18H,5-9H2,1-4H3/t14-,15+,16-,17-,18-,22-,23-,24+/m0/s1. The molecule has 29 heavy (non-hydrogen) atoms. The van der Waals surface area contributed by atoms with Crippen LogP contribution >= 0.6 is 11.6 Å². The zero-order chi connectivity index (χ0) is 20.9. The van der Waals surface area contributed by atoms with Crippen molar-refractivity contribution in [1.82, 2.24) is 0 Å². The van der Waals surface area contributed by atoms with Gasteiger partial charge in [0.05, 0.1) is 0 Å². The first-order valence-electron chi connectivity index (χ1n) is 10.9. The van der Waals surface area contributed by atoms with Crippen molar-refractivity contribution in [3.05, 3.63) is 22.8 Å². The van der Waals surface area contributed by atoms with Gasteiger partial charge in [-0.25, -0.2) is 0 Å². The van der Waals surface area contributed by atoms with Gasteiger partial charge in [0.25, 0.3) is 0 Å². The Labute approximate surface area is 177 Å². The molecule has 0 aliphatic heterocycles. The molecule has 0 aromatic heterocycles. The third-order valence-electron chi connectivity index (χ3n) is 9.50. The lowest BCUT2D eigenvalue weighted by atomic mass is 9.47. The van der Waals surface area contributed by atoms with Gasteiger partial charge in [0.2, 0.25) is 0 Å². The average Bonchev–Trinajstić information content (AvgIpc) is 3.39. The summed E-state index contributed by atoms with van der Waals surface area (Å²) in [6.07, 6.45) is 8.18. The second kappa shape index (κ2) is 5.84. The molecule has 0 aromatic carbocycles. The van der Waals surface area contributed by atoms with Gasteiger partial charge in [-0.2, -0.15) is 0 Å². The number of carbonyl (C=O) groups is 3. The summed E-state index contributed by atoms with van der Waals surface area (Å²) in [5.74, 6) is 1.27. The SMILES string of the molecule is CC(=O)O[C@@]1(C(C)=O)CC[C@H]2[C@@H]3C=C(Cl)C4=CC(=O)[C@@H]5C[C@@H]5[C@]4(C)[C@H]3CC[C@@]21C. The number of ether oxygens (including phenoxy) is 1. The van der Waals surface area contributed by atoms with Crippen molar-refractivity contribution in [3.8, 4) is 0 Å². The lowest BCUT2D eigenvalue weighted by molar-refractivity contribution is -0.185. The molecule has 0 aromatic rings. The molecule has 0 saturated heterocycles. The van der Waals surface area contributed by atoms with Gasteiger partial charge in [-0.05, 0) is 74.3 Å². The minimum absolute atomic E-state index is 0.0423. The molecule has 4 nitrogen and oxygen atoms in total. The molecule has 0 spiro atoms. The van der Waals surface area contributed by atoms with E-state index in [-0.39, 0.29) is 46.1 Å². The van der Waals surface area contributed by atoms with Crippen LogP contribution in [0.2, 0.25) is 0 Å². The Kier molecular flexibility index (Phi) is 3.93. The van der Waals surface area contributed by atoms with Gasteiger partial charge in [0, 0.05) is 28.7 Å². The van der Waals surface area contributed by atoms with E-state index < -0.39 is 5.60 Å². The summed E-state index contributed by atoms with van der Waals surface area (Å²) in [4.78, 5) is 37.1. The van der Waals surface area contributed by atoms with Gasteiger partial charge in [-0.1, -0.05) is 31.5 Å². The van der Waals surface area contributed by atoms with Gasteiger partial charge in [0.1, 0.15) is 0 Å². The summed E-state index contributed by atoms with van der Waals surface area (Å²) in [6.45, 7) is 7.42. The van der Waals surface area contributed by atoms with E-state index in [1.165, 1.54) is 6.92 Å². The Bertz CT molecular complexity index is 903. The number of rotatable bonds is 2. The van der Waals surface area contributed by atoms with Crippen LogP contribution in [-0.2, 0) is 19.1 Å². The minimum atomic E-state index is -1.03. The van der Waals surface area contributed by atoms with E-state index in [1.54, 1.807) is 6.92 Å². The first kappa shape index (κ1) is 19.5. The maximum atomic E-state index is 12.8. The quantitative estimate of drug-likeness (QED) is 0.617. The molecule has 0 heterocycles. The van der Waals surface area contributed by atoms with Crippen LogP contribution in [0.1, 0.15) is 59.8 Å². The highest BCUT2D eigenvalue weighted by atomic mass is 35.5. The molecular weight excluding hydrogens is 388 g/mol. The number of carbonyl (C=O) groups excluding carboxylic acids is 3. The monoisotopic (exact) mass is 416 g/mol. The van der Waals surface area contributed by atoms with Crippen LogP contribution in [0.25, 0.3) is 0 Å². The van der Waals surface area contributed by atoms with Crippen LogP contribution in [0.3, 0.4) is 0 Å². The van der Waals surface area contributed by atoms with E-state index in [0.717, 1.165) is 31.3 Å². The lowest BCUT2D eigenvalue weighted by Crippen LogP contribution is -2.58. The molecule has 3 fully saturated rings. The second-order valence-corrected chi connectivity index (χ2v) is 10.9. The van der Waals surface area contributed by atoms with Crippen LogP contribution in [-0.4, -0.2) is 23.1 Å². The predicted molar refractivity (Wildman–Crippen MR) is 109 cm³/mol. The van der Waals surface area contributed by atoms with Crippen molar-refractivity contribution in [2.45, 2.75) is 65.4 Å². The maximum Gasteiger partial charge on any atom is 0.303 e. The topological polar surface area (TPSA) is 60.4 Å². The fourth-order valence-electron chi connectivity index (χ4n) is 8.03. The molecule has 3 saturated carbocycles. The minimum Gasteiger partial charge on any atom is -0.451 e. The van der Waals surface area contributed by atoms with Crippen molar-refractivity contribution in [3.63, 3.8) is 0 Å². The number of allylic oxidation sites excluding steroid dienone is 4. The molecule has 5 rings (SSSR count). The normalized spacial score (nSPS) is 49.7. The Balaban J connectivity index is 1.60. The first-order valence-corrected chi connectivity index (χ1v) is 11.3. The van der Waals surface area contributed by atoms with Crippen LogP contribution in [0.5, 0.6) is 0 Å². The molecule has 0 radical (unpaired) electrons. The Morgan fingerprint density at radius 1 is 1.10 bits per heavy atom. The Morgan fingerprint density at radius 3 is 2.45 bits per heavy atom. The van der Waals surface area contributed by atoms with Crippen molar-refractivity contribution >= 4 is 29.1 Å². The summed E-state index contributed by atoms with van der Waals surface area (Å²) in [7, 11) is 0. The van der Waals surface area contributed by atoms with E-state index in [9.17, 15) is 14.4 Å². The number of halogens is 1. The third kappa shape index (κ3) is 2.24. The van der Waals surface area contributed by atoms with Crippen molar-refractivity contribution in [2.24, 2.45) is 40.4 Å². The molecule has 8 atom stereocenters. The molecule has 0 unspecified atom stereocenters. The van der Waals surface area contributed by atoms with E-state index in [4.69, 9.17) is 16.3 Å². The molecular formula is C24H29ClO4. The Hall–Kier alpha value is -1.42. The van der Waals surface area contributed by atoms with Gasteiger partial charge < -0.3 is 4.74 Å². The van der Waals surface area contributed by atoms with E-state index >= 15 is 0 Å².